The molecule has 0 saturated heterocycles. The van der Waals surface area contributed by atoms with E-state index in [4.69, 9.17) is 15.2 Å². The number of aromatic nitrogens is 1. The van der Waals surface area contributed by atoms with Gasteiger partial charge in [0.2, 0.25) is 0 Å². The molecule has 0 radical (unpaired) electrons. The number of pyridine rings is 1. The Kier molecular flexibility index (Phi) is 4.93. The lowest BCUT2D eigenvalue weighted by Gasteiger charge is -2.19. The summed E-state index contributed by atoms with van der Waals surface area (Å²) >= 11 is 0. The molecule has 0 bridgehead atoms. The first-order chi connectivity index (χ1) is 12.6. The van der Waals surface area contributed by atoms with Crippen LogP contribution in [0.2, 0.25) is 0 Å². The minimum absolute atomic E-state index is 0.210. The van der Waals surface area contributed by atoms with Gasteiger partial charge in [-0.05, 0) is 11.6 Å². The zero-order valence-corrected chi connectivity index (χ0v) is 15.0. The van der Waals surface area contributed by atoms with Crippen LogP contribution in [0.25, 0.3) is 10.8 Å². The summed E-state index contributed by atoms with van der Waals surface area (Å²) < 4.78 is 10.8. The van der Waals surface area contributed by atoms with E-state index in [1.165, 1.54) is 0 Å². The molecule has 0 saturated carbocycles. The molecular weight excluding hydrogens is 330 g/mol. The minimum Gasteiger partial charge on any atom is -0.493 e. The summed E-state index contributed by atoms with van der Waals surface area (Å²) in [7, 11) is 4.84. The quantitative estimate of drug-likeness (QED) is 0.715. The van der Waals surface area contributed by atoms with Crippen molar-refractivity contribution in [3.63, 3.8) is 0 Å². The van der Waals surface area contributed by atoms with E-state index >= 15 is 0 Å². The van der Waals surface area contributed by atoms with Gasteiger partial charge >= 0.3 is 0 Å². The van der Waals surface area contributed by atoms with Crippen LogP contribution >= 0.6 is 0 Å². The zero-order chi connectivity index (χ0) is 18.7. The average Bonchev–Trinajstić information content (AvgIpc) is 2.67. The first-order valence-electron chi connectivity index (χ1n) is 8.15. The Hall–Kier alpha value is -3.28. The topological polar surface area (TPSA) is 77.7 Å². The second kappa shape index (κ2) is 7.31. The molecule has 6 heteroatoms. The van der Waals surface area contributed by atoms with Crippen molar-refractivity contribution in [2.24, 2.45) is 0 Å². The van der Waals surface area contributed by atoms with Gasteiger partial charge in [-0.3, -0.25) is 9.78 Å². The molecule has 0 aliphatic rings. The number of carbonyl (C=O) groups is 1. The number of benzene rings is 2. The predicted molar refractivity (Wildman–Crippen MR) is 101 cm³/mol. The summed E-state index contributed by atoms with van der Waals surface area (Å²) in [6.45, 7) is 0.477. The van der Waals surface area contributed by atoms with Crippen LogP contribution in [0.15, 0.2) is 48.7 Å². The largest absolute Gasteiger partial charge is 0.493 e. The molecule has 134 valence electrons. The number of nitrogens with two attached hydrogens (primary N) is 1. The maximum absolute atomic E-state index is 13.0. The highest BCUT2D eigenvalue weighted by molar-refractivity contribution is 6.11. The average molecular weight is 351 g/mol. The number of nitrogen functional groups attached to an aromatic ring is 1. The highest BCUT2D eigenvalue weighted by atomic mass is 16.5. The summed E-state index contributed by atoms with van der Waals surface area (Å²) in [5.74, 6) is 0.831. The van der Waals surface area contributed by atoms with Crippen LogP contribution in [0.4, 0.5) is 5.69 Å². The highest BCUT2D eigenvalue weighted by Crippen LogP contribution is 2.40. The monoisotopic (exact) mass is 351 g/mol. The molecule has 0 fully saturated rings. The Balaban J connectivity index is 2.06. The molecule has 0 aliphatic heterocycles. The van der Waals surface area contributed by atoms with Gasteiger partial charge in [-0.25, -0.2) is 0 Å². The number of rotatable bonds is 5. The van der Waals surface area contributed by atoms with Gasteiger partial charge in [0.05, 0.1) is 14.2 Å². The van der Waals surface area contributed by atoms with Crippen LogP contribution in [0, 0.1) is 0 Å². The first kappa shape index (κ1) is 17.5. The van der Waals surface area contributed by atoms with Crippen LogP contribution < -0.4 is 15.2 Å². The Morgan fingerprint density at radius 3 is 2.54 bits per heavy atom. The highest BCUT2D eigenvalue weighted by Gasteiger charge is 2.21. The molecule has 1 amide bonds. The molecule has 2 N–H and O–H groups in total. The van der Waals surface area contributed by atoms with Crippen LogP contribution in [0.3, 0.4) is 0 Å². The van der Waals surface area contributed by atoms with E-state index in [9.17, 15) is 4.79 Å². The van der Waals surface area contributed by atoms with Gasteiger partial charge < -0.3 is 20.1 Å². The van der Waals surface area contributed by atoms with Gasteiger partial charge in [-0.1, -0.05) is 30.3 Å². The molecule has 6 nitrogen and oxygen atoms in total. The fourth-order valence-corrected chi connectivity index (χ4v) is 2.99. The third-order valence-corrected chi connectivity index (χ3v) is 4.23. The van der Waals surface area contributed by atoms with E-state index in [2.05, 4.69) is 4.98 Å². The van der Waals surface area contributed by atoms with Gasteiger partial charge in [0.15, 0.2) is 11.5 Å². The molecule has 3 rings (SSSR count). The van der Waals surface area contributed by atoms with Crippen LogP contribution in [0.5, 0.6) is 11.5 Å². The molecule has 2 aromatic carbocycles. The molecular formula is C20H21N3O3. The third-order valence-electron chi connectivity index (χ3n) is 4.23. The normalized spacial score (nSPS) is 10.6. The minimum atomic E-state index is -0.210. The molecule has 0 unspecified atom stereocenters. The Bertz CT molecular complexity index is 942. The van der Waals surface area contributed by atoms with E-state index < -0.39 is 0 Å². The number of hydrogen-bond acceptors (Lipinski definition) is 5. The maximum atomic E-state index is 13.0. The van der Waals surface area contributed by atoms with E-state index in [1.807, 2.05) is 30.3 Å². The Morgan fingerprint density at radius 1 is 1.15 bits per heavy atom. The van der Waals surface area contributed by atoms with Gasteiger partial charge in [0.25, 0.3) is 5.91 Å². The number of amides is 1. The SMILES string of the molecule is COc1cc(N)c2c(C(=O)N(C)Cc3ccccc3)nccc2c1OC. The smallest absolute Gasteiger partial charge is 0.273 e. The predicted octanol–water partition coefficient (Wildman–Crippen LogP) is 3.11. The number of ether oxygens (including phenoxy) is 2. The lowest BCUT2D eigenvalue weighted by Crippen LogP contribution is -2.27. The van der Waals surface area contributed by atoms with E-state index in [0.29, 0.717) is 40.2 Å². The molecule has 0 spiro atoms. The van der Waals surface area contributed by atoms with Crippen molar-refractivity contribution in [1.82, 2.24) is 9.88 Å². The number of anilines is 1. The number of methoxy groups -OCH3 is 2. The summed E-state index contributed by atoms with van der Waals surface area (Å²) in [5, 5.41) is 1.26. The van der Waals surface area contributed by atoms with Gasteiger partial charge in [-0.15, -0.1) is 0 Å². The zero-order valence-electron chi connectivity index (χ0n) is 15.0. The Labute approximate surface area is 152 Å². The second-order valence-corrected chi connectivity index (χ2v) is 5.93. The number of nitrogens with zero attached hydrogens (tertiary/aromatic N) is 2. The summed E-state index contributed by atoms with van der Waals surface area (Å²) in [5.41, 5.74) is 7.95. The van der Waals surface area contributed by atoms with Crippen LogP contribution in [-0.2, 0) is 6.54 Å². The van der Waals surface area contributed by atoms with Crippen molar-refractivity contribution < 1.29 is 14.3 Å². The van der Waals surface area contributed by atoms with Crippen LogP contribution in [0.1, 0.15) is 16.1 Å². The summed E-state index contributed by atoms with van der Waals surface area (Å²) in [6.07, 6.45) is 1.58. The van der Waals surface area contributed by atoms with Crippen molar-refractivity contribution in [2.45, 2.75) is 6.54 Å². The molecule has 0 atom stereocenters. The molecule has 26 heavy (non-hydrogen) atoms. The molecule has 0 aliphatic carbocycles. The summed E-state index contributed by atoms with van der Waals surface area (Å²) in [6, 6.07) is 13.2. The van der Waals surface area contributed by atoms with Crippen molar-refractivity contribution in [3.05, 3.63) is 59.9 Å². The molecule has 3 aromatic rings. The van der Waals surface area contributed by atoms with Crippen molar-refractivity contribution in [1.29, 1.82) is 0 Å². The van der Waals surface area contributed by atoms with E-state index in [-0.39, 0.29) is 5.91 Å². The van der Waals surface area contributed by atoms with Gasteiger partial charge in [0, 0.05) is 42.3 Å². The van der Waals surface area contributed by atoms with Crippen molar-refractivity contribution in [2.75, 3.05) is 27.0 Å². The van der Waals surface area contributed by atoms with Gasteiger partial charge in [-0.2, -0.15) is 0 Å². The second-order valence-electron chi connectivity index (χ2n) is 5.93. The molecule has 1 aromatic heterocycles. The third kappa shape index (κ3) is 3.13. The number of fused-ring (bicyclic) bond motifs is 1. The van der Waals surface area contributed by atoms with Crippen molar-refractivity contribution in [3.8, 4) is 11.5 Å². The maximum Gasteiger partial charge on any atom is 0.273 e. The van der Waals surface area contributed by atoms with Crippen LogP contribution in [-0.4, -0.2) is 37.1 Å². The lowest BCUT2D eigenvalue weighted by molar-refractivity contribution is 0.0781. The lowest BCUT2D eigenvalue weighted by atomic mass is 10.0. The standard InChI is InChI=1S/C20H21N3O3/c1-23(12-13-7-5-4-6-8-13)20(24)18-17-14(9-10-22-18)19(26-3)16(25-2)11-15(17)21/h4-11H,12,21H2,1-3H3. The summed E-state index contributed by atoms with van der Waals surface area (Å²) in [4.78, 5) is 18.9. The van der Waals surface area contributed by atoms with Gasteiger partial charge in [0.1, 0.15) is 5.69 Å². The Morgan fingerprint density at radius 2 is 1.88 bits per heavy atom. The molecule has 1 heterocycles. The fraction of sp³-hybridized carbons (Fsp3) is 0.200. The number of carbonyl (C=O) groups excluding carboxylic acids is 1. The van der Waals surface area contributed by atoms with E-state index in [0.717, 1.165) is 5.56 Å². The van der Waals surface area contributed by atoms with E-state index in [1.54, 1.807) is 44.5 Å². The fourth-order valence-electron chi connectivity index (χ4n) is 2.99. The number of hydrogen-bond donors (Lipinski definition) is 1. The first-order valence-corrected chi connectivity index (χ1v) is 8.15. The van der Waals surface area contributed by atoms with Crippen molar-refractivity contribution >= 4 is 22.4 Å².